The van der Waals surface area contributed by atoms with E-state index >= 15 is 0 Å². The van der Waals surface area contributed by atoms with Crippen LogP contribution in [0.15, 0.2) is 97.3 Å². The van der Waals surface area contributed by atoms with E-state index in [-0.39, 0.29) is 12.1 Å². The summed E-state index contributed by atoms with van der Waals surface area (Å²) in [5.74, 6) is 0. The fourth-order valence-electron chi connectivity index (χ4n) is 3.35. The summed E-state index contributed by atoms with van der Waals surface area (Å²) in [4.78, 5) is 32.6. The second kappa shape index (κ2) is 11.9. The molecule has 4 aromatic rings. The number of nitrogens with zero attached hydrogens (tertiary/aromatic N) is 2. The monoisotopic (exact) mass is 466 g/mol. The number of amides is 4. The Labute approximate surface area is 203 Å². The van der Waals surface area contributed by atoms with E-state index in [1.807, 2.05) is 84.9 Å². The Morgan fingerprint density at radius 2 is 1.00 bits per heavy atom. The molecule has 8 nitrogen and oxygen atoms in total. The molecular weight excluding hydrogens is 440 g/mol. The number of anilines is 2. The number of aromatic nitrogens is 2. The first-order valence-electron chi connectivity index (χ1n) is 11.2. The summed E-state index contributed by atoms with van der Waals surface area (Å²) in [5.41, 5.74) is 5.23. The number of hydrogen-bond acceptors (Lipinski definition) is 4. The van der Waals surface area contributed by atoms with E-state index in [9.17, 15) is 9.59 Å². The Morgan fingerprint density at radius 1 is 0.571 bits per heavy atom. The van der Waals surface area contributed by atoms with Crippen molar-refractivity contribution in [3.05, 3.63) is 120 Å². The van der Waals surface area contributed by atoms with Gasteiger partial charge >= 0.3 is 12.1 Å². The predicted octanol–water partition coefficient (Wildman–Crippen LogP) is 4.71. The van der Waals surface area contributed by atoms with Crippen LogP contribution >= 0.6 is 0 Å². The fraction of sp³-hybridized carbons (Fsp3) is 0.111. The van der Waals surface area contributed by atoms with Crippen molar-refractivity contribution < 1.29 is 9.59 Å². The Balaban J connectivity index is 1.21. The van der Waals surface area contributed by atoms with Gasteiger partial charge in [-0.1, -0.05) is 36.4 Å². The molecule has 2 aromatic carbocycles. The van der Waals surface area contributed by atoms with E-state index in [0.717, 1.165) is 28.9 Å². The predicted molar refractivity (Wildman–Crippen MR) is 136 cm³/mol. The lowest BCUT2D eigenvalue weighted by Crippen LogP contribution is -2.28. The van der Waals surface area contributed by atoms with Crippen molar-refractivity contribution in [2.75, 3.05) is 10.6 Å². The first-order valence-corrected chi connectivity index (χ1v) is 11.2. The minimum atomic E-state index is -0.282. The van der Waals surface area contributed by atoms with Gasteiger partial charge in [0.25, 0.3) is 0 Å². The number of pyridine rings is 2. The van der Waals surface area contributed by atoms with Crippen molar-refractivity contribution in [2.24, 2.45) is 0 Å². The first kappa shape index (κ1) is 23.4. The molecule has 2 aromatic heterocycles. The summed E-state index contributed by atoms with van der Waals surface area (Å²) in [6.07, 6.45) is 4.12. The summed E-state index contributed by atoms with van der Waals surface area (Å²) < 4.78 is 0. The zero-order chi connectivity index (χ0) is 24.3. The van der Waals surface area contributed by atoms with Crippen LogP contribution in [0, 0.1) is 0 Å². The number of carbonyl (C=O) groups excluding carboxylic acids is 2. The molecule has 0 aliphatic carbocycles. The maximum atomic E-state index is 12.1. The van der Waals surface area contributed by atoms with E-state index in [4.69, 9.17) is 0 Å². The summed E-state index contributed by atoms with van der Waals surface area (Å²) in [5, 5.41) is 11.2. The van der Waals surface area contributed by atoms with Crippen LogP contribution in [0.5, 0.6) is 0 Å². The first-order chi connectivity index (χ1) is 17.1. The smallest absolute Gasteiger partial charge is 0.319 e. The molecule has 0 spiro atoms. The Morgan fingerprint density at radius 3 is 1.37 bits per heavy atom. The van der Waals surface area contributed by atoms with Gasteiger partial charge in [0.15, 0.2) is 0 Å². The van der Waals surface area contributed by atoms with Crippen LogP contribution in [0.4, 0.5) is 21.0 Å². The Kier molecular flexibility index (Phi) is 8.00. The van der Waals surface area contributed by atoms with Crippen molar-refractivity contribution in [2.45, 2.75) is 19.5 Å². The third-order valence-electron chi connectivity index (χ3n) is 5.14. The van der Waals surface area contributed by atoms with Crippen LogP contribution in [0.25, 0.3) is 0 Å². The van der Waals surface area contributed by atoms with Crippen LogP contribution in [0.3, 0.4) is 0 Å². The Bertz CT molecular complexity index is 1130. The zero-order valence-electron chi connectivity index (χ0n) is 19.1. The second-order valence-corrected chi connectivity index (χ2v) is 7.83. The molecule has 2 heterocycles. The highest BCUT2D eigenvalue weighted by atomic mass is 16.2. The second-order valence-electron chi connectivity index (χ2n) is 7.83. The number of urea groups is 2. The van der Waals surface area contributed by atoms with Crippen molar-refractivity contribution >= 4 is 23.4 Å². The summed E-state index contributed by atoms with van der Waals surface area (Å²) in [6, 6.07) is 26.0. The van der Waals surface area contributed by atoms with Gasteiger partial charge in [0.2, 0.25) is 0 Å². The molecule has 0 saturated heterocycles. The molecule has 0 bridgehead atoms. The normalized spacial score (nSPS) is 10.3. The van der Waals surface area contributed by atoms with Gasteiger partial charge in [0, 0.05) is 23.8 Å². The molecule has 4 N–H and O–H groups in total. The summed E-state index contributed by atoms with van der Waals surface area (Å²) in [6.45, 7) is 0.725. The maximum Gasteiger partial charge on any atom is 0.319 e. The fourth-order valence-corrected chi connectivity index (χ4v) is 3.35. The number of hydrogen-bond donors (Lipinski definition) is 4. The third kappa shape index (κ3) is 7.68. The van der Waals surface area contributed by atoms with Crippen molar-refractivity contribution in [1.82, 2.24) is 20.6 Å². The van der Waals surface area contributed by atoms with Gasteiger partial charge in [0.05, 0.1) is 24.5 Å². The van der Waals surface area contributed by atoms with Gasteiger partial charge in [-0.2, -0.15) is 0 Å². The average molecular weight is 467 g/mol. The zero-order valence-corrected chi connectivity index (χ0v) is 19.1. The standard InChI is InChI=1S/C27H26N6O2/c34-26(30-18-24-5-1-3-15-28-24)32-22-11-7-20(8-12-22)17-21-9-13-23(14-10-21)33-27(35)31-19-25-6-2-4-16-29-25/h1-16H,17-19H2,(H2,30,32,34)(H2,31,33,35). The molecule has 0 aliphatic heterocycles. The summed E-state index contributed by atoms with van der Waals surface area (Å²) >= 11 is 0. The molecule has 4 amide bonds. The molecule has 176 valence electrons. The molecular formula is C27H26N6O2. The van der Waals surface area contributed by atoms with E-state index in [0.29, 0.717) is 24.5 Å². The highest BCUT2D eigenvalue weighted by Gasteiger charge is 2.05. The maximum absolute atomic E-state index is 12.1. The van der Waals surface area contributed by atoms with E-state index in [2.05, 4.69) is 31.2 Å². The average Bonchev–Trinajstić information content (AvgIpc) is 2.90. The van der Waals surface area contributed by atoms with Crippen molar-refractivity contribution in [3.63, 3.8) is 0 Å². The van der Waals surface area contributed by atoms with Gasteiger partial charge < -0.3 is 21.3 Å². The van der Waals surface area contributed by atoms with Crippen LogP contribution in [0.1, 0.15) is 22.5 Å². The minimum Gasteiger partial charge on any atom is -0.332 e. The molecule has 0 fully saturated rings. The number of nitrogens with one attached hydrogen (secondary N) is 4. The largest absolute Gasteiger partial charge is 0.332 e. The molecule has 0 radical (unpaired) electrons. The van der Waals surface area contributed by atoms with E-state index < -0.39 is 0 Å². The molecule has 35 heavy (non-hydrogen) atoms. The van der Waals surface area contributed by atoms with Crippen LogP contribution in [-0.2, 0) is 19.5 Å². The molecule has 0 atom stereocenters. The molecule has 0 aliphatic rings. The Hall–Kier alpha value is -4.72. The number of carbonyl (C=O) groups is 2. The van der Waals surface area contributed by atoms with E-state index in [1.54, 1.807) is 12.4 Å². The van der Waals surface area contributed by atoms with Crippen LogP contribution in [-0.4, -0.2) is 22.0 Å². The molecule has 0 unspecified atom stereocenters. The lowest BCUT2D eigenvalue weighted by atomic mass is 10.0. The number of rotatable bonds is 8. The minimum absolute atomic E-state index is 0.282. The number of benzene rings is 2. The summed E-state index contributed by atoms with van der Waals surface area (Å²) in [7, 11) is 0. The molecule has 4 rings (SSSR count). The quantitative estimate of drug-likeness (QED) is 0.302. The molecule has 8 heteroatoms. The van der Waals surface area contributed by atoms with Gasteiger partial charge in [-0.25, -0.2) is 9.59 Å². The molecule has 0 saturated carbocycles. The van der Waals surface area contributed by atoms with Gasteiger partial charge in [-0.15, -0.1) is 0 Å². The highest BCUT2D eigenvalue weighted by Crippen LogP contribution is 2.16. The highest BCUT2D eigenvalue weighted by molar-refractivity contribution is 5.89. The van der Waals surface area contributed by atoms with Crippen molar-refractivity contribution in [3.8, 4) is 0 Å². The van der Waals surface area contributed by atoms with Gasteiger partial charge in [-0.05, 0) is 66.1 Å². The topological polar surface area (TPSA) is 108 Å². The van der Waals surface area contributed by atoms with Crippen LogP contribution < -0.4 is 21.3 Å². The lowest BCUT2D eigenvalue weighted by molar-refractivity contribution is 0.251. The van der Waals surface area contributed by atoms with Gasteiger partial charge in [0.1, 0.15) is 0 Å². The lowest BCUT2D eigenvalue weighted by Gasteiger charge is -2.09. The van der Waals surface area contributed by atoms with Crippen molar-refractivity contribution in [1.29, 1.82) is 0 Å². The van der Waals surface area contributed by atoms with E-state index in [1.165, 1.54) is 0 Å². The third-order valence-corrected chi connectivity index (χ3v) is 5.14. The SMILES string of the molecule is O=C(NCc1ccccn1)Nc1ccc(Cc2ccc(NC(=O)NCc3ccccn3)cc2)cc1. The van der Waals surface area contributed by atoms with Crippen LogP contribution in [0.2, 0.25) is 0 Å². The van der Waals surface area contributed by atoms with Gasteiger partial charge in [-0.3, -0.25) is 9.97 Å².